The summed E-state index contributed by atoms with van der Waals surface area (Å²) in [6.07, 6.45) is 4.40. The van der Waals surface area contributed by atoms with Crippen LogP contribution in [0, 0.1) is 0 Å². The Balaban J connectivity index is 1.89. The Hall–Kier alpha value is -2.53. The molecule has 3 rings (SSSR count). The predicted octanol–water partition coefficient (Wildman–Crippen LogP) is 3.76. The zero-order chi connectivity index (χ0) is 17.6. The van der Waals surface area contributed by atoms with E-state index in [1.165, 1.54) is 0 Å². The number of nitrogens with one attached hydrogen (secondary N) is 1. The fourth-order valence-electron chi connectivity index (χ4n) is 3.13. The Morgan fingerprint density at radius 1 is 1.16 bits per heavy atom. The Morgan fingerprint density at radius 2 is 1.88 bits per heavy atom. The van der Waals surface area contributed by atoms with E-state index in [9.17, 15) is 9.90 Å². The van der Waals surface area contributed by atoms with Crippen molar-refractivity contribution in [3.8, 4) is 11.5 Å². The molecule has 2 N–H and O–H groups in total. The van der Waals surface area contributed by atoms with E-state index in [0.717, 1.165) is 25.7 Å². The number of amides is 1. The number of methoxy groups -OCH3 is 1. The number of ether oxygens (including phenoxy) is 2. The molecular formula is C20H23NO4. The van der Waals surface area contributed by atoms with Crippen molar-refractivity contribution in [3.05, 3.63) is 53.6 Å². The zero-order valence-corrected chi connectivity index (χ0v) is 14.3. The van der Waals surface area contributed by atoms with E-state index in [4.69, 9.17) is 9.47 Å². The lowest BCUT2D eigenvalue weighted by molar-refractivity contribution is 0.102. The van der Waals surface area contributed by atoms with E-state index in [2.05, 4.69) is 5.32 Å². The Labute approximate surface area is 147 Å². The summed E-state index contributed by atoms with van der Waals surface area (Å²) in [5, 5.41) is 12.7. The van der Waals surface area contributed by atoms with Gasteiger partial charge in [-0.25, -0.2) is 0 Å². The van der Waals surface area contributed by atoms with Gasteiger partial charge in [0, 0.05) is 11.1 Å². The summed E-state index contributed by atoms with van der Waals surface area (Å²) in [7, 11) is 1.57. The Bertz CT molecular complexity index is 724. The third-order valence-corrected chi connectivity index (χ3v) is 4.47. The van der Waals surface area contributed by atoms with Crippen molar-refractivity contribution >= 4 is 11.6 Å². The number of carbonyl (C=O) groups excluding carboxylic acids is 1. The van der Waals surface area contributed by atoms with Gasteiger partial charge in [-0.05, 0) is 49.9 Å². The van der Waals surface area contributed by atoms with E-state index in [0.29, 0.717) is 28.3 Å². The lowest BCUT2D eigenvalue weighted by Gasteiger charge is -2.21. The lowest BCUT2D eigenvalue weighted by atomic mass is 10.1. The van der Waals surface area contributed by atoms with Crippen LogP contribution in [0.3, 0.4) is 0 Å². The maximum absolute atomic E-state index is 12.4. The van der Waals surface area contributed by atoms with Crippen LogP contribution in [0.4, 0.5) is 5.69 Å². The van der Waals surface area contributed by atoms with E-state index < -0.39 is 0 Å². The molecule has 25 heavy (non-hydrogen) atoms. The highest BCUT2D eigenvalue weighted by atomic mass is 16.5. The SMILES string of the molecule is COc1ccc(NC(=O)c2ccccc2)c(CO)c1OC1CCCC1. The molecule has 0 radical (unpaired) electrons. The van der Waals surface area contributed by atoms with E-state index in [1.807, 2.05) is 18.2 Å². The van der Waals surface area contributed by atoms with Crippen molar-refractivity contribution < 1.29 is 19.4 Å². The standard InChI is InChI=1S/C20H23NO4/c1-24-18-12-11-17(21-20(23)14-7-3-2-4-8-14)16(13-22)19(18)25-15-9-5-6-10-15/h2-4,7-8,11-12,15,22H,5-6,9-10,13H2,1H3,(H,21,23). The van der Waals surface area contributed by atoms with Crippen molar-refractivity contribution in [1.82, 2.24) is 0 Å². The number of rotatable bonds is 6. The quantitative estimate of drug-likeness (QED) is 0.839. The van der Waals surface area contributed by atoms with Crippen LogP contribution >= 0.6 is 0 Å². The molecule has 0 atom stereocenters. The van der Waals surface area contributed by atoms with Crippen LogP contribution in [0.2, 0.25) is 0 Å². The number of anilines is 1. The molecule has 0 heterocycles. The van der Waals surface area contributed by atoms with Crippen LogP contribution in [0.1, 0.15) is 41.6 Å². The summed E-state index contributed by atoms with van der Waals surface area (Å²) in [6, 6.07) is 12.4. The highest BCUT2D eigenvalue weighted by molar-refractivity contribution is 6.04. The average molecular weight is 341 g/mol. The molecule has 0 aliphatic heterocycles. The molecule has 0 unspecified atom stereocenters. The summed E-state index contributed by atoms with van der Waals surface area (Å²) >= 11 is 0. The summed E-state index contributed by atoms with van der Waals surface area (Å²) in [6.45, 7) is -0.246. The molecule has 0 aromatic heterocycles. The number of hydrogen-bond donors (Lipinski definition) is 2. The summed E-state index contributed by atoms with van der Waals surface area (Å²) in [5.74, 6) is 0.851. The molecule has 2 aromatic rings. The van der Waals surface area contributed by atoms with Crippen LogP contribution < -0.4 is 14.8 Å². The van der Waals surface area contributed by atoms with Crippen molar-refractivity contribution in [2.24, 2.45) is 0 Å². The second kappa shape index (κ2) is 8.03. The van der Waals surface area contributed by atoms with Crippen molar-refractivity contribution in [2.75, 3.05) is 12.4 Å². The molecule has 2 aromatic carbocycles. The van der Waals surface area contributed by atoms with Crippen LogP contribution in [0.5, 0.6) is 11.5 Å². The van der Waals surface area contributed by atoms with E-state index in [1.54, 1.807) is 31.4 Å². The first-order valence-electron chi connectivity index (χ1n) is 8.56. The van der Waals surface area contributed by atoms with Gasteiger partial charge >= 0.3 is 0 Å². The molecule has 1 saturated carbocycles. The van der Waals surface area contributed by atoms with Crippen LogP contribution in [-0.4, -0.2) is 24.2 Å². The van der Waals surface area contributed by atoms with Gasteiger partial charge < -0.3 is 19.9 Å². The second-order valence-corrected chi connectivity index (χ2v) is 6.13. The zero-order valence-electron chi connectivity index (χ0n) is 14.3. The lowest BCUT2D eigenvalue weighted by Crippen LogP contribution is -2.16. The monoisotopic (exact) mass is 341 g/mol. The van der Waals surface area contributed by atoms with Gasteiger partial charge in [0.15, 0.2) is 11.5 Å². The Kier molecular flexibility index (Phi) is 5.56. The molecular weight excluding hydrogens is 318 g/mol. The van der Waals surface area contributed by atoms with Crippen molar-refractivity contribution in [2.45, 2.75) is 38.4 Å². The van der Waals surface area contributed by atoms with Gasteiger partial charge in [-0.1, -0.05) is 18.2 Å². The largest absolute Gasteiger partial charge is 0.493 e. The van der Waals surface area contributed by atoms with Crippen molar-refractivity contribution in [1.29, 1.82) is 0 Å². The Morgan fingerprint density at radius 3 is 2.52 bits per heavy atom. The first-order valence-corrected chi connectivity index (χ1v) is 8.56. The van der Waals surface area contributed by atoms with Crippen LogP contribution in [-0.2, 0) is 6.61 Å². The van der Waals surface area contributed by atoms with Crippen LogP contribution in [0.25, 0.3) is 0 Å². The fraction of sp³-hybridized carbons (Fsp3) is 0.350. The normalized spacial score (nSPS) is 14.3. The van der Waals surface area contributed by atoms with Gasteiger partial charge in [-0.3, -0.25) is 4.79 Å². The van der Waals surface area contributed by atoms with E-state index in [-0.39, 0.29) is 18.6 Å². The molecule has 1 amide bonds. The molecule has 0 saturated heterocycles. The number of benzene rings is 2. The fourth-order valence-corrected chi connectivity index (χ4v) is 3.13. The first kappa shape index (κ1) is 17.3. The molecule has 0 spiro atoms. The van der Waals surface area contributed by atoms with Gasteiger partial charge in [0.05, 0.1) is 25.5 Å². The minimum absolute atomic E-state index is 0.124. The highest BCUT2D eigenvalue weighted by Crippen LogP contribution is 2.39. The van der Waals surface area contributed by atoms with Gasteiger partial charge in [0.2, 0.25) is 0 Å². The van der Waals surface area contributed by atoms with Gasteiger partial charge in [-0.15, -0.1) is 0 Å². The minimum atomic E-state index is -0.246. The van der Waals surface area contributed by atoms with E-state index >= 15 is 0 Å². The molecule has 1 aliphatic rings. The summed E-state index contributed by atoms with van der Waals surface area (Å²) < 4.78 is 11.5. The molecule has 0 bridgehead atoms. The van der Waals surface area contributed by atoms with Gasteiger partial charge in [0.25, 0.3) is 5.91 Å². The van der Waals surface area contributed by atoms with Gasteiger partial charge in [0.1, 0.15) is 0 Å². The second-order valence-electron chi connectivity index (χ2n) is 6.13. The average Bonchev–Trinajstić information content (AvgIpc) is 3.16. The number of aliphatic hydroxyl groups excluding tert-OH is 1. The molecule has 132 valence electrons. The van der Waals surface area contributed by atoms with Crippen molar-refractivity contribution in [3.63, 3.8) is 0 Å². The van der Waals surface area contributed by atoms with Crippen LogP contribution in [0.15, 0.2) is 42.5 Å². The number of aliphatic hydroxyl groups is 1. The third-order valence-electron chi connectivity index (χ3n) is 4.47. The van der Waals surface area contributed by atoms with Gasteiger partial charge in [-0.2, -0.15) is 0 Å². The summed E-state index contributed by atoms with van der Waals surface area (Å²) in [4.78, 5) is 12.4. The topological polar surface area (TPSA) is 67.8 Å². The minimum Gasteiger partial charge on any atom is -0.493 e. The third kappa shape index (κ3) is 3.94. The summed E-state index contributed by atoms with van der Waals surface area (Å²) in [5.41, 5.74) is 1.63. The molecule has 1 aliphatic carbocycles. The smallest absolute Gasteiger partial charge is 0.255 e. The number of carbonyl (C=O) groups is 1. The maximum atomic E-state index is 12.4. The molecule has 5 nitrogen and oxygen atoms in total. The first-order chi connectivity index (χ1) is 12.2. The predicted molar refractivity (Wildman–Crippen MR) is 96.2 cm³/mol. The number of hydrogen-bond acceptors (Lipinski definition) is 4. The maximum Gasteiger partial charge on any atom is 0.255 e. The molecule has 5 heteroatoms. The molecule has 1 fully saturated rings. The highest BCUT2D eigenvalue weighted by Gasteiger charge is 2.23.